The molecule has 1 aromatic carbocycles. The van der Waals surface area contributed by atoms with Crippen LogP contribution < -0.4 is 4.74 Å². The number of ether oxygens (including phenoxy) is 1. The third-order valence-electron chi connectivity index (χ3n) is 8.29. The van der Waals surface area contributed by atoms with Gasteiger partial charge in [0.2, 0.25) is 0 Å². The zero-order valence-electron chi connectivity index (χ0n) is 20.1. The minimum Gasteiger partial charge on any atom is -0.496 e. The number of rotatable bonds is 9. The third kappa shape index (κ3) is 5.40. The second-order valence-corrected chi connectivity index (χ2v) is 11.0. The summed E-state index contributed by atoms with van der Waals surface area (Å²) in [6.07, 6.45) is 18.5. The molecule has 30 heavy (non-hydrogen) atoms. The van der Waals surface area contributed by atoms with Crippen LogP contribution in [-0.4, -0.2) is 7.11 Å². The van der Waals surface area contributed by atoms with Gasteiger partial charge in [-0.3, -0.25) is 0 Å². The molecule has 0 aromatic heterocycles. The summed E-state index contributed by atoms with van der Waals surface area (Å²) in [5, 5.41) is 0. The zero-order chi connectivity index (χ0) is 21.6. The molecule has 0 N–H and O–H groups in total. The third-order valence-corrected chi connectivity index (χ3v) is 9.18. The van der Waals surface area contributed by atoms with Gasteiger partial charge in [-0.25, -0.2) is 0 Å². The van der Waals surface area contributed by atoms with Crippen molar-refractivity contribution in [3.05, 3.63) is 28.8 Å². The SMILES string of the molecule is CCCCC1CCCC(c2cc(C(S)(CC)CC)cc(C3CCCCC3)c2OC)C1. The van der Waals surface area contributed by atoms with Crippen molar-refractivity contribution in [2.45, 2.75) is 127 Å². The number of thiol groups is 1. The molecule has 2 unspecified atom stereocenters. The van der Waals surface area contributed by atoms with E-state index in [2.05, 4.69) is 32.9 Å². The Morgan fingerprint density at radius 1 is 0.900 bits per heavy atom. The molecule has 0 aliphatic heterocycles. The van der Waals surface area contributed by atoms with E-state index >= 15 is 0 Å². The average Bonchev–Trinajstić information content (AvgIpc) is 2.82. The zero-order valence-corrected chi connectivity index (χ0v) is 21.0. The standard InChI is InChI=1S/C28H46OS/c1-5-8-13-21-14-12-17-23(18-21)26-20-24(28(30,6-2)7-3)19-25(27(26)29-4)22-15-10-9-11-16-22/h19-23,30H,5-18H2,1-4H3. The molecule has 3 rings (SSSR count). The molecule has 1 nitrogen and oxygen atoms in total. The molecule has 0 saturated heterocycles. The van der Waals surface area contributed by atoms with Gasteiger partial charge >= 0.3 is 0 Å². The van der Waals surface area contributed by atoms with Crippen LogP contribution in [0.3, 0.4) is 0 Å². The second-order valence-electron chi connectivity index (χ2n) is 10.1. The number of hydrogen-bond donors (Lipinski definition) is 1. The topological polar surface area (TPSA) is 9.23 Å². The van der Waals surface area contributed by atoms with Gasteiger partial charge in [0.25, 0.3) is 0 Å². The first-order valence-corrected chi connectivity index (χ1v) is 13.5. The van der Waals surface area contributed by atoms with Crippen LogP contribution in [-0.2, 0) is 4.75 Å². The summed E-state index contributed by atoms with van der Waals surface area (Å²) in [6.45, 7) is 6.91. The maximum Gasteiger partial charge on any atom is 0.125 e. The lowest BCUT2D eigenvalue weighted by Gasteiger charge is -2.35. The molecule has 1 aromatic rings. The maximum absolute atomic E-state index is 6.21. The highest BCUT2D eigenvalue weighted by molar-refractivity contribution is 7.81. The van der Waals surface area contributed by atoms with Gasteiger partial charge in [-0.2, -0.15) is 12.6 Å². The fourth-order valence-electron chi connectivity index (χ4n) is 6.19. The van der Waals surface area contributed by atoms with Crippen molar-refractivity contribution in [2.75, 3.05) is 7.11 Å². The predicted molar refractivity (Wildman–Crippen MR) is 134 cm³/mol. The highest BCUT2D eigenvalue weighted by atomic mass is 32.1. The average molecular weight is 431 g/mol. The molecule has 0 bridgehead atoms. The predicted octanol–water partition coefficient (Wildman–Crippen LogP) is 9.15. The van der Waals surface area contributed by atoms with Crippen LogP contribution in [0.4, 0.5) is 0 Å². The Bertz CT molecular complexity index is 657. The van der Waals surface area contributed by atoms with Crippen LogP contribution in [0, 0.1) is 5.92 Å². The highest BCUT2D eigenvalue weighted by Crippen LogP contribution is 2.49. The van der Waals surface area contributed by atoms with E-state index in [4.69, 9.17) is 17.4 Å². The van der Waals surface area contributed by atoms with Gasteiger partial charge in [0.1, 0.15) is 5.75 Å². The Labute approximate surface area is 192 Å². The first kappa shape index (κ1) is 24.0. The largest absolute Gasteiger partial charge is 0.496 e. The summed E-state index contributed by atoms with van der Waals surface area (Å²) in [7, 11) is 1.91. The molecule has 0 heterocycles. The molecule has 2 aliphatic carbocycles. The lowest BCUT2D eigenvalue weighted by Crippen LogP contribution is -2.21. The van der Waals surface area contributed by atoms with E-state index in [1.54, 1.807) is 0 Å². The van der Waals surface area contributed by atoms with Crippen LogP contribution in [0.15, 0.2) is 12.1 Å². The van der Waals surface area contributed by atoms with Crippen molar-refractivity contribution in [1.29, 1.82) is 0 Å². The summed E-state index contributed by atoms with van der Waals surface area (Å²) in [5.74, 6) is 3.45. The van der Waals surface area contributed by atoms with Crippen molar-refractivity contribution in [1.82, 2.24) is 0 Å². The maximum atomic E-state index is 6.21. The number of methoxy groups -OCH3 is 1. The summed E-state index contributed by atoms with van der Waals surface area (Å²) >= 11 is 5.22. The fourth-order valence-corrected chi connectivity index (χ4v) is 6.31. The van der Waals surface area contributed by atoms with Crippen molar-refractivity contribution in [3.8, 4) is 5.75 Å². The van der Waals surface area contributed by atoms with Gasteiger partial charge in [-0.1, -0.05) is 84.3 Å². The van der Waals surface area contributed by atoms with Crippen molar-refractivity contribution in [3.63, 3.8) is 0 Å². The lowest BCUT2D eigenvalue weighted by molar-refractivity contribution is 0.292. The summed E-state index contributed by atoms with van der Waals surface area (Å²) in [6, 6.07) is 5.01. The minimum atomic E-state index is -0.0271. The first-order valence-electron chi connectivity index (χ1n) is 13.0. The Balaban J connectivity index is 2.03. The first-order chi connectivity index (χ1) is 14.6. The molecule has 170 valence electrons. The Morgan fingerprint density at radius 3 is 2.13 bits per heavy atom. The summed E-state index contributed by atoms with van der Waals surface area (Å²) in [5.41, 5.74) is 4.46. The molecule has 2 atom stereocenters. The van der Waals surface area contributed by atoms with E-state index in [1.165, 1.54) is 99.5 Å². The Morgan fingerprint density at radius 2 is 1.53 bits per heavy atom. The normalized spacial score (nSPS) is 23.5. The van der Waals surface area contributed by atoms with Crippen molar-refractivity contribution < 1.29 is 4.74 Å². The molecular weight excluding hydrogens is 384 g/mol. The molecule has 2 fully saturated rings. The van der Waals surface area contributed by atoms with E-state index in [0.717, 1.165) is 18.8 Å². The molecule has 0 radical (unpaired) electrons. The van der Waals surface area contributed by atoms with Gasteiger partial charge in [0.05, 0.1) is 7.11 Å². The van der Waals surface area contributed by atoms with E-state index < -0.39 is 0 Å². The van der Waals surface area contributed by atoms with E-state index in [1.807, 2.05) is 7.11 Å². The molecular formula is C28H46OS. The van der Waals surface area contributed by atoms with Gasteiger partial charge < -0.3 is 4.74 Å². The van der Waals surface area contributed by atoms with Crippen molar-refractivity contribution >= 4 is 12.6 Å². The van der Waals surface area contributed by atoms with Crippen molar-refractivity contribution in [2.24, 2.45) is 5.92 Å². The van der Waals surface area contributed by atoms with Gasteiger partial charge in [0, 0.05) is 4.75 Å². The van der Waals surface area contributed by atoms with Crippen LogP contribution >= 0.6 is 12.6 Å². The van der Waals surface area contributed by atoms with Gasteiger partial charge in [-0.05, 0) is 73.0 Å². The molecule has 2 heteroatoms. The van der Waals surface area contributed by atoms with Gasteiger partial charge in [-0.15, -0.1) is 0 Å². The molecule has 2 saturated carbocycles. The van der Waals surface area contributed by atoms with E-state index in [9.17, 15) is 0 Å². The number of benzene rings is 1. The van der Waals surface area contributed by atoms with E-state index in [0.29, 0.717) is 11.8 Å². The summed E-state index contributed by atoms with van der Waals surface area (Å²) in [4.78, 5) is 0. The van der Waals surface area contributed by atoms with Crippen LogP contribution in [0.5, 0.6) is 5.75 Å². The van der Waals surface area contributed by atoms with Crippen LogP contribution in [0.2, 0.25) is 0 Å². The number of unbranched alkanes of at least 4 members (excludes halogenated alkanes) is 1. The summed E-state index contributed by atoms with van der Waals surface area (Å²) < 4.78 is 6.18. The Kier molecular flexibility index (Phi) is 9.05. The second kappa shape index (κ2) is 11.3. The molecule has 2 aliphatic rings. The number of hydrogen-bond acceptors (Lipinski definition) is 2. The van der Waals surface area contributed by atoms with Crippen LogP contribution in [0.25, 0.3) is 0 Å². The monoisotopic (exact) mass is 430 g/mol. The fraction of sp³-hybridized carbons (Fsp3) is 0.786. The van der Waals surface area contributed by atoms with Gasteiger partial charge in [0.15, 0.2) is 0 Å². The van der Waals surface area contributed by atoms with E-state index in [-0.39, 0.29) is 4.75 Å². The quantitative estimate of drug-likeness (QED) is 0.384. The minimum absolute atomic E-state index is 0.0271. The Hall–Kier alpha value is -0.630. The molecule has 0 amide bonds. The smallest absolute Gasteiger partial charge is 0.125 e. The highest BCUT2D eigenvalue weighted by Gasteiger charge is 2.32. The van der Waals surface area contributed by atoms with Crippen LogP contribution in [0.1, 0.15) is 139 Å². The lowest BCUT2D eigenvalue weighted by atomic mass is 9.73. The molecule has 0 spiro atoms.